The normalized spacial score (nSPS) is 11.3. The van der Waals surface area contributed by atoms with Gasteiger partial charge in [-0.2, -0.15) is 5.26 Å². The third-order valence-corrected chi connectivity index (χ3v) is 6.92. The Kier molecular flexibility index (Phi) is 7.11. The molecule has 2 aromatic carbocycles. The van der Waals surface area contributed by atoms with E-state index in [0.29, 0.717) is 17.1 Å². The van der Waals surface area contributed by atoms with Crippen molar-refractivity contribution in [2.45, 2.75) is 39.8 Å². The Balaban J connectivity index is 1.52. The van der Waals surface area contributed by atoms with Gasteiger partial charge in [0.05, 0.1) is 10.9 Å². The van der Waals surface area contributed by atoms with E-state index in [2.05, 4.69) is 35.2 Å². The second-order valence-corrected chi connectivity index (χ2v) is 10.2. The first kappa shape index (κ1) is 27.3. The van der Waals surface area contributed by atoms with Gasteiger partial charge >= 0.3 is 0 Å². The zero-order valence-electron chi connectivity index (χ0n) is 23.0. The van der Waals surface area contributed by atoms with Crippen LogP contribution in [0.3, 0.4) is 0 Å². The summed E-state index contributed by atoms with van der Waals surface area (Å²) in [6, 6.07) is 14.4. The number of carbonyl (C=O) groups is 1. The van der Waals surface area contributed by atoms with Crippen molar-refractivity contribution < 1.29 is 9.18 Å². The van der Waals surface area contributed by atoms with Crippen molar-refractivity contribution in [1.29, 1.82) is 5.26 Å². The molecule has 5 aromatic rings. The highest BCUT2D eigenvalue weighted by atomic mass is 19.1. The van der Waals surface area contributed by atoms with Crippen LogP contribution in [0.25, 0.3) is 33.3 Å². The van der Waals surface area contributed by atoms with Gasteiger partial charge in [0.2, 0.25) is 5.43 Å². The third kappa shape index (κ3) is 4.94. The number of nitrogen functional groups attached to an aromatic ring is 1. The first-order valence-corrected chi connectivity index (χ1v) is 13.1. The lowest BCUT2D eigenvalue weighted by Crippen LogP contribution is -2.27. The smallest absolute Gasteiger partial charge is 0.261 e. The van der Waals surface area contributed by atoms with Crippen LogP contribution in [0.15, 0.2) is 72.0 Å². The summed E-state index contributed by atoms with van der Waals surface area (Å²) < 4.78 is 17.2. The van der Waals surface area contributed by atoms with Gasteiger partial charge in [-0.25, -0.2) is 14.4 Å². The predicted octanol–water partition coefficient (Wildman–Crippen LogP) is 5.93. The van der Waals surface area contributed by atoms with Crippen LogP contribution in [0.5, 0.6) is 0 Å². The topological polar surface area (TPSA) is 132 Å². The summed E-state index contributed by atoms with van der Waals surface area (Å²) >= 11 is 0. The molecule has 0 aliphatic rings. The fraction of sp³-hybridized carbons (Fsp3) is 0.194. The highest BCUT2D eigenvalue weighted by Crippen LogP contribution is 2.34. The largest absolute Gasteiger partial charge is 0.383 e. The van der Waals surface area contributed by atoms with Crippen molar-refractivity contribution >= 4 is 28.4 Å². The lowest BCUT2D eigenvalue weighted by atomic mass is 10.00. The number of carbonyl (C=O) groups excluding carboxylic acids is 1. The minimum absolute atomic E-state index is 0.0468. The molecule has 0 bridgehead atoms. The Labute approximate surface area is 235 Å². The molecule has 0 aliphatic heterocycles. The molecule has 0 fully saturated rings. The van der Waals surface area contributed by atoms with E-state index in [1.165, 1.54) is 36.8 Å². The Morgan fingerprint density at radius 2 is 1.59 bits per heavy atom. The van der Waals surface area contributed by atoms with Gasteiger partial charge in [0.15, 0.2) is 0 Å². The number of benzene rings is 2. The number of nitriles is 1. The summed E-state index contributed by atoms with van der Waals surface area (Å²) in [5.74, 6) is -0.724. The maximum absolute atomic E-state index is 13.6. The van der Waals surface area contributed by atoms with E-state index < -0.39 is 17.2 Å². The van der Waals surface area contributed by atoms with Gasteiger partial charge in [-0.15, -0.1) is 0 Å². The number of rotatable bonds is 6. The third-order valence-electron chi connectivity index (χ3n) is 6.92. The van der Waals surface area contributed by atoms with Gasteiger partial charge in [0, 0.05) is 35.7 Å². The van der Waals surface area contributed by atoms with E-state index in [1.807, 2.05) is 36.7 Å². The second-order valence-electron chi connectivity index (χ2n) is 10.2. The number of fused-ring (bicyclic) bond motifs is 1. The van der Waals surface area contributed by atoms with Crippen LogP contribution in [-0.4, -0.2) is 25.0 Å². The average molecular weight is 550 g/mol. The van der Waals surface area contributed by atoms with Gasteiger partial charge < -0.3 is 20.2 Å². The quantitative estimate of drug-likeness (QED) is 0.270. The minimum atomic E-state index is -0.626. The van der Waals surface area contributed by atoms with Crippen LogP contribution in [0, 0.1) is 17.1 Å². The van der Waals surface area contributed by atoms with Crippen molar-refractivity contribution in [3.8, 4) is 28.3 Å². The minimum Gasteiger partial charge on any atom is -0.383 e. The monoisotopic (exact) mass is 549 g/mol. The summed E-state index contributed by atoms with van der Waals surface area (Å²) in [6.07, 6.45) is 4.82. The van der Waals surface area contributed by atoms with Gasteiger partial charge in [0.25, 0.3) is 5.91 Å². The van der Waals surface area contributed by atoms with Crippen LogP contribution in [0.4, 0.5) is 15.9 Å². The molecule has 0 saturated carbocycles. The number of anilines is 2. The number of nitrogens with two attached hydrogens (primary N) is 1. The lowest BCUT2D eigenvalue weighted by Gasteiger charge is -2.18. The van der Waals surface area contributed by atoms with Crippen molar-refractivity contribution in [1.82, 2.24) is 19.1 Å². The maximum atomic E-state index is 13.6. The van der Waals surface area contributed by atoms with E-state index in [-0.39, 0.29) is 28.9 Å². The number of halogens is 1. The Morgan fingerprint density at radius 1 is 0.951 bits per heavy atom. The highest BCUT2D eigenvalue weighted by molar-refractivity contribution is 6.05. The SMILES string of the molecule is CC(C)n1cc(C(=O)Nc2ccc(-c3cn(C(C)C)c4ncnc(N)c34)cc2)c(=O)c(-c2ccc(F)cc2)c1C#N. The highest BCUT2D eigenvalue weighted by Gasteiger charge is 2.23. The number of pyridine rings is 1. The number of nitrogens with one attached hydrogen (secondary N) is 1. The molecule has 3 heterocycles. The Bertz CT molecular complexity index is 1880. The molecule has 0 saturated heterocycles. The van der Waals surface area contributed by atoms with Crippen LogP contribution in [-0.2, 0) is 0 Å². The maximum Gasteiger partial charge on any atom is 0.261 e. The first-order chi connectivity index (χ1) is 19.6. The second kappa shape index (κ2) is 10.7. The summed E-state index contributed by atoms with van der Waals surface area (Å²) in [7, 11) is 0. The number of nitrogens with zero attached hydrogens (tertiary/aromatic N) is 5. The molecule has 9 nitrogen and oxygen atoms in total. The van der Waals surface area contributed by atoms with E-state index in [1.54, 1.807) is 16.7 Å². The van der Waals surface area contributed by atoms with Crippen LogP contribution >= 0.6 is 0 Å². The summed E-state index contributed by atoms with van der Waals surface area (Å²) in [5, 5.41) is 13.4. The number of aromatic nitrogens is 4. The van der Waals surface area contributed by atoms with Crippen molar-refractivity contribution in [3.63, 3.8) is 0 Å². The molecule has 206 valence electrons. The van der Waals surface area contributed by atoms with Crippen LogP contribution in [0.1, 0.15) is 55.8 Å². The van der Waals surface area contributed by atoms with E-state index in [4.69, 9.17) is 5.73 Å². The molecule has 0 spiro atoms. The van der Waals surface area contributed by atoms with Crippen molar-refractivity contribution in [3.05, 3.63) is 94.5 Å². The van der Waals surface area contributed by atoms with Gasteiger partial charge in [0.1, 0.15) is 40.9 Å². The van der Waals surface area contributed by atoms with Crippen molar-refractivity contribution in [2.24, 2.45) is 0 Å². The molecule has 3 N–H and O–H groups in total. The first-order valence-electron chi connectivity index (χ1n) is 13.1. The Hall–Kier alpha value is -5.30. The van der Waals surface area contributed by atoms with Gasteiger partial charge in [-0.1, -0.05) is 24.3 Å². The zero-order valence-corrected chi connectivity index (χ0v) is 23.0. The fourth-order valence-corrected chi connectivity index (χ4v) is 4.85. The van der Waals surface area contributed by atoms with Crippen LogP contribution in [0.2, 0.25) is 0 Å². The molecule has 10 heteroatoms. The lowest BCUT2D eigenvalue weighted by molar-refractivity contribution is 0.102. The number of amides is 1. The Morgan fingerprint density at radius 3 is 2.20 bits per heavy atom. The standard InChI is InChI=1S/C31H28FN7O2/c1-17(2)38-15-24(28(40)26(25(38)13-33)20-5-9-21(32)10-6-20)31(41)37-22-11-7-19(8-12-22)23-14-39(18(3)4)30-27(23)29(34)35-16-36-30/h5-12,14-18H,1-4H3,(H,37,41)(H2,34,35,36). The van der Waals surface area contributed by atoms with E-state index in [9.17, 15) is 19.2 Å². The van der Waals surface area contributed by atoms with Gasteiger partial charge in [-0.05, 0) is 63.1 Å². The zero-order chi connectivity index (χ0) is 29.4. The molecule has 3 aromatic heterocycles. The number of hydrogen-bond donors (Lipinski definition) is 2. The van der Waals surface area contributed by atoms with E-state index in [0.717, 1.165) is 22.2 Å². The average Bonchev–Trinajstić information content (AvgIpc) is 3.35. The summed E-state index contributed by atoms with van der Waals surface area (Å²) in [6.45, 7) is 7.79. The molecule has 0 radical (unpaired) electrons. The molecule has 0 aliphatic carbocycles. The number of hydrogen-bond acceptors (Lipinski definition) is 6. The van der Waals surface area contributed by atoms with Gasteiger partial charge in [-0.3, -0.25) is 9.59 Å². The van der Waals surface area contributed by atoms with E-state index >= 15 is 0 Å². The molecule has 0 unspecified atom stereocenters. The molecular weight excluding hydrogens is 521 g/mol. The molecule has 1 amide bonds. The summed E-state index contributed by atoms with van der Waals surface area (Å²) in [4.78, 5) is 35.5. The predicted molar refractivity (Wildman–Crippen MR) is 157 cm³/mol. The molecule has 5 rings (SSSR count). The molecule has 0 atom stereocenters. The molecular formula is C31H28FN7O2. The van der Waals surface area contributed by atoms with Crippen molar-refractivity contribution in [2.75, 3.05) is 11.1 Å². The fourth-order valence-electron chi connectivity index (χ4n) is 4.85. The summed E-state index contributed by atoms with van der Waals surface area (Å²) in [5.41, 5.74) is 8.88. The molecule has 41 heavy (non-hydrogen) atoms. The van der Waals surface area contributed by atoms with Crippen LogP contribution < -0.4 is 16.5 Å².